The summed E-state index contributed by atoms with van der Waals surface area (Å²) in [6.07, 6.45) is 0.439. The van der Waals surface area contributed by atoms with Crippen molar-refractivity contribution < 1.29 is 9.53 Å². The molecule has 2 aromatic rings. The lowest BCUT2D eigenvalue weighted by Gasteiger charge is -2.31. The molecule has 126 valence electrons. The molecule has 0 bridgehead atoms. The Hall–Kier alpha value is -2.56. The average molecular weight is 325 g/mol. The summed E-state index contributed by atoms with van der Waals surface area (Å²) in [5, 5.41) is 0. The second kappa shape index (κ2) is 6.15. The summed E-state index contributed by atoms with van der Waals surface area (Å²) in [6, 6.07) is 11.8. The molecule has 5 heteroatoms. The summed E-state index contributed by atoms with van der Waals surface area (Å²) in [6.45, 7) is 6.68. The third-order valence-corrected chi connectivity index (χ3v) is 3.91. The smallest absolute Gasteiger partial charge is 0.410 e. The van der Waals surface area contributed by atoms with Gasteiger partial charge in [0, 0.05) is 12.1 Å². The number of carbonyl (C=O) groups is 1. The molecule has 0 unspecified atom stereocenters. The Balaban J connectivity index is 1.87. The number of carbonyl (C=O) groups excluding carboxylic acids is 1. The summed E-state index contributed by atoms with van der Waals surface area (Å²) in [4.78, 5) is 18.7. The number of nitrogens with two attached hydrogens (primary N) is 1. The van der Waals surface area contributed by atoms with Crippen molar-refractivity contribution >= 4 is 11.8 Å². The third-order valence-electron chi connectivity index (χ3n) is 3.91. The second-order valence-electron chi connectivity index (χ2n) is 7.05. The van der Waals surface area contributed by atoms with Crippen molar-refractivity contribution in [1.82, 2.24) is 9.88 Å². The molecule has 1 aliphatic heterocycles. The topological polar surface area (TPSA) is 68.5 Å². The van der Waals surface area contributed by atoms with Crippen LogP contribution in [0.15, 0.2) is 36.4 Å². The van der Waals surface area contributed by atoms with Gasteiger partial charge in [0.25, 0.3) is 0 Å². The van der Waals surface area contributed by atoms with Crippen molar-refractivity contribution in [3.8, 4) is 11.3 Å². The normalized spacial score (nSPS) is 14.2. The lowest BCUT2D eigenvalue weighted by Crippen LogP contribution is -2.40. The number of anilines is 1. The average Bonchev–Trinajstić information content (AvgIpc) is 2.53. The number of hydrogen-bond donors (Lipinski definition) is 1. The fourth-order valence-corrected chi connectivity index (χ4v) is 2.79. The van der Waals surface area contributed by atoms with Gasteiger partial charge in [-0.2, -0.15) is 0 Å². The highest BCUT2D eigenvalue weighted by molar-refractivity contribution is 5.74. The maximum Gasteiger partial charge on any atom is 0.410 e. The fourth-order valence-electron chi connectivity index (χ4n) is 2.79. The maximum absolute atomic E-state index is 12.3. The van der Waals surface area contributed by atoms with E-state index in [2.05, 4.69) is 0 Å². The number of amides is 1. The van der Waals surface area contributed by atoms with E-state index in [9.17, 15) is 4.79 Å². The van der Waals surface area contributed by atoms with Gasteiger partial charge in [-0.3, -0.25) is 0 Å². The summed E-state index contributed by atoms with van der Waals surface area (Å²) in [7, 11) is 0. The van der Waals surface area contributed by atoms with E-state index in [4.69, 9.17) is 15.5 Å². The van der Waals surface area contributed by atoms with Crippen LogP contribution in [-0.4, -0.2) is 28.1 Å². The predicted octanol–water partition coefficient (Wildman–Crippen LogP) is 3.62. The number of pyridine rings is 1. The van der Waals surface area contributed by atoms with Crippen LogP contribution in [0.2, 0.25) is 0 Å². The lowest BCUT2D eigenvalue weighted by molar-refractivity contribution is 0.0221. The number of aromatic nitrogens is 1. The van der Waals surface area contributed by atoms with Crippen molar-refractivity contribution in [3.05, 3.63) is 47.7 Å². The molecule has 0 radical (unpaired) electrons. The molecular weight excluding hydrogens is 302 g/mol. The van der Waals surface area contributed by atoms with Gasteiger partial charge in [0.1, 0.15) is 5.60 Å². The molecule has 0 aliphatic carbocycles. The summed E-state index contributed by atoms with van der Waals surface area (Å²) < 4.78 is 5.47. The van der Waals surface area contributed by atoms with Crippen molar-refractivity contribution in [3.63, 3.8) is 0 Å². The van der Waals surface area contributed by atoms with Gasteiger partial charge >= 0.3 is 6.09 Å². The molecule has 24 heavy (non-hydrogen) atoms. The molecule has 2 N–H and O–H groups in total. The van der Waals surface area contributed by atoms with Gasteiger partial charge in [0.15, 0.2) is 0 Å². The molecule has 0 atom stereocenters. The van der Waals surface area contributed by atoms with E-state index in [1.165, 1.54) is 0 Å². The molecule has 3 rings (SSSR count). The first-order chi connectivity index (χ1) is 11.3. The highest BCUT2D eigenvalue weighted by atomic mass is 16.6. The summed E-state index contributed by atoms with van der Waals surface area (Å²) >= 11 is 0. The van der Waals surface area contributed by atoms with Crippen LogP contribution in [-0.2, 0) is 17.7 Å². The third kappa shape index (κ3) is 3.50. The fraction of sp³-hybridized carbons (Fsp3) is 0.368. The Bertz CT molecular complexity index is 751. The van der Waals surface area contributed by atoms with E-state index >= 15 is 0 Å². The quantitative estimate of drug-likeness (QED) is 0.869. The number of nitrogens with zero attached hydrogens (tertiary/aromatic N) is 2. The van der Waals surface area contributed by atoms with Crippen LogP contribution in [0.3, 0.4) is 0 Å². The second-order valence-corrected chi connectivity index (χ2v) is 7.05. The number of ether oxygens (including phenoxy) is 1. The van der Waals surface area contributed by atoms with E-state index < -0.39 is 5.60 Å². The largest absolute Gasteiger partial charge is 0.444 e. The first-order valence-electron chi connectivity index (χ1n) is 8.15. The minimum Gasteiger partial charge on any atom is -0.444 e. The zero-order valence-corrected chi connectivity index (χ0v) is 14.4. The summed E-state index contributed by atoms with van der Waals surface area (Å²) in [5.41, 5.74) is 10.1. The van der Waals surface area contributed by atoms with Crippen LogP contribution in [0.4, 0.5) is 10.5 Å². The van der Waals surface area contributed by atoms with Crippen molar-refractivity contribution in [2.45, 2.75) is 39.3 Å². The molecule has 0 fully saturated rings. The number of rotatable bonds is 1. The Morgan fingerprint density at radius 1 is 1.25 bits per heavy atom. The first kappa shape index (κ1) is 16.3. The zero-order valence-electron chi connectivity index (χ0n) is 14.4. The molecule has 5 nitrogen and oxygen atoms in total. The molecule has 1 aliphatic rings. The van der Waals surface area contributed by atoms with Gasteiger partial charge in [-0.15, -0.1) is 0 Å². The van der Waals surface area contributed by atoms with Crippen LogP contribution in [0.5, 0.6) is 0 Å². The standard InChI is InChI=1S/C19H23N3O2/c1-19(2,3)24-18(23)22-10-9-14-11-15(20)17(21-16(14)12-22)13-7-5-4-6-8-13/h4-8,11H,9-10,12,20H2,1-3H3. The number of nitrogen functional groups attached to an aromatic ring is 1. The Morgan fingerprint density at radius 3 is 2.62 bits per heavy atom. The van der Waals surface area contributed by atoms with E-state index in [0.717, 1.165) is 28.9 Å². The molecule has 1 amide bonds. The van der Waals surface area contributed by atoms with Gasteiger partial charge < -0.3 is 15.4 Å². The predicted molar refractivity (Wildman–Crippen MR) is 94.4 cm³/mol. The SMILES string of the molecule is CC(C)(C)OC(=O)N1CCc2cc(N)c(-c3ccccc3)nc2C1. The van der Waals surface area contributed by atoms with E-state index in [-0.39, 0.29) is 6.09 Å². The van der Waals surface area contributed by atoms with Gasteiger partial charge in [0.05, 0.1) is 23.6 Å². The molecular formula is C19H23N3O2. The summed E-state index contributed by atoms with van der Waals surface area (Å²) in [5.74, 6) is 0. The first-order valence-corrected chi connectivity index (χ1v) is 8.15. The van der Waals surface area contributed by atoms with Crippen LogP contribution in [0.25, 0.3) is 11.3 Å². The van der Waals surface area contributed by atoms with E-state index in [1.807, 2.05) is 57.2 Å². The number of benzene rings is 1. The molecule has 0 saturated heterocycles. The molecule has 1 aromatic heterocycles. The van der Waals surface area contributed by atoms with Gasteiger partial charge in [-0.25, -0.2) is 9.78 Å². The van der Waals surface area contributed by atoms with Crippen molar-refractivity contribution in [1.29, 1.82) is 0 Å². The number of fused-ring (bicyclic) bond motifs is 1. The van der Waals surface area contributed by atoms with Crippen LogP contribution in [0.1, 0.15) is 32.0 Å². The minimum atomic E-state index is -0.499. The van der Waals surface area contributed by atoms with Crippen LogP contribution in [0, 0.1) is 0 Å². The van der Waals surface area contributed by atoms with Gasteiger partial charge in [-0.05, 0) is 38.8 Å². The van der Waals surface area contributed by atoms with Gasteiger partial charge in [-0.1, -0.05) is 30.3 Å². The van der Waals surface area contributed by atoms with E-state index in [1.54, 1.807) is 4.90 Å². The molecule has 0 saturated carbocycles. The maximum atomic E-state index is 12.3. The van der Waals surface area contributed by atoms with Crippen LogP contribution >= 0.6 is 0 Å². The molecule has 0 spiro atoms. The minimum absolute atomic E-state index is 0.298. The van der Waals surface area contributed by atoms with Crippen LogP contribution < -0.4 is 5.73 Å². The van der Waals surface area contributed by atoms with E-state index in [0.29, 0.717) is 18.8 Å². The lowest BCUT2D eigenvalue weighted by atomic mass is 10.0. The molecule has 1 aromatic carbocycles. The monoisotopic (exact) mass is 325 g/mol. The highest BCUT2D eigenvalue weighted by Crippen LogP contribution is 2.29. The Morgan fingerprint density at radius 2 is 1.96 bits per heavy atom. The number of hydrogen-bond acceptors (Lipinski definition) is 4. The molecule has 2 heterocycles. The van der Waals surface area contributed by atoms with Gasteiger partial charge in [0.2, 0.25) is 0 Å². The highest BCUT2D eigenvalue weighted by Gasteiger charge is 2.27. The van der Waals surface area contributed by atoms with Crippen molar-refractivity contribution in [2.75, 3.05) is 12.3 Å². The Kier molecular flexibility index (Phi) is 4.18. The Labute approximate surface area is 142 Å². The van der Waals surface area contributed by atoms with Crippen molar-refractivity contribution in [2.24, 2.45) is 0 Å². The zero-order chi connectivity index (χ0) is 17.3.